The Morgan fingerprint density at radius 1 is 0.783 bits per heavy atom. The van der Waals surface area contributed by atoms with E-state index >= 15 is 0 Å². The van der Waals surface area contributed by atoms with Crippen LogP contribution in [0.5, 0.6) is 5.75 Å². The Morgan fingerprint density at radius 3 is 2.15 bits per heavy atom. The maximum Gasteiger partial charge on any atom is 0.323 e. The van der Waals surface area contributed by atoms with Crippen molar-refractivity contribution < 1.29 is 19.0 Å². The van der Waals surface area contributed by atoms with Gasteiger partial charge in [-0.05, 0) is 85.3 Å². The molecular formula is C40H52N2O4. The third-order valence-electron chi connectivity index (χ3n) is 10.6. The van der Waals surface area contributed by atoms with Gasteiger partial charge in [-0.25, -0.2) is 0 Å². The topological polar surface area (TPSA) is 51.2 Å². The highest BCUT2D eigenvalue weighted by molar-refractivity contribution is 5.76. The van der Waals surface area contributed by atoms with Gasteiger partial charge in [-0.2, -0.15) is 0 Å². The molecule has 2 aliphatic heterocycles. The van der Waals surface area contributed by atoms with Crippen LogP contribution in [-0.2, 0) is 27.5 Å². The second kappa shape index (κ2) is 16.6. The number of likely N-dealkylation sites (tertiary alicyclic amines) is 2. The van der Waals surface area contributed by atoms with Crippen molar-refractivity contribution in [2.75, 3.05) is 46.4 Å². The zero-order valence-corrected chi connectivity index (χ0v) is 27.6. The molecule has 6 nitrogen and oxygen atoms in total. The second-order valence-corrected chi connectivity index (χ2v) is 13.8. The fourth-order valence-electron chi connectivity index (χ4n) is 8.03. The van der Waals surface area contributed by atoms with Gasteiger partial charge >= 0.3 is 5.97 Å². The molecule has 3 aromatic carbocycles. The summed E-state index contributed by atoms with van der Waals surface area (Å²) < 4.78 is 17.5. The van der Waals surface area contributed by atoms with Gasteiger partial charge < -0.3 is 19.1 Å². The minimum atomic E-state index is -0.178. The van der Waals surface area contributed by atoms with Crippen LogP contribution in [0.4, 0.5) is 0 Å². The van der Waals surface area contributed by atoms with E-state index in [1.807, 2.05) is 24.3 Å². The molecule has 1 saturated carbocycles. The molecule has 6 heteroatoms. The summed E-state index contributed by atoms with van der Waals surface area (Å²) in [7, 11) is 1.67. The third kappa shape index (κ3) is 8.78. The summed E-state index contributed by atoms with van der Waals surface area (Å²) in [5.74, 6) is 2.64. The fourth-order valence-corrected chi connectivity index (χ4v) is 8.03. The van der Waals surface area contributed by atoms with Crippen molar-refractivity contribution >= 4 is 5.97 Å². The van der Waals surface area contributed by atoms with E-state index in [-0.39, 0.29) is 12.0 Å². The van der Waals surface area contributed by atoms with Gasteiger partial charge in [0.05, 0.1) is 13.7 Å². The van der Waals surface area contributed by atoms with Crippen LogP contribution < -0.4 is 4.74 Å². The molecule has 2 saturated heterocycles. The van der Waals surface area contributed by atoms with Crippen molar-refractivity contribution in [1.29, 1.82) is 0 Å². The lowest BCUT2D eigenvalue weighted by Crippen LogP contribution is -2.47. The zero-order valence-electron chi connectivity index (χ0n) is 27.6. The standard InChI is InChI=1S/C40H52N2O4/c1-44-37-19-17-32(18-20-37)30-46-40(43)39(35-15-9-4-10-16-35)42-26-36(38(27-42)34-13-7-3-8-14-34)25-41-23-21-33(22-24-41)29-45-28-31-11-5-2-6-12-31/h2-3,5-8,11-14,17-20,33,35-36,38-39H,4,9-10,15-16,21-30H2,1H3/t36-,38+,39+/m0/s1. The van der Waals surface area contributed by atoms with E-state index in [2.05, 4.69) is 70.5 Å². The van der Waals surface area contributed by atoms with E-state index in [1.165, 1.54) is 43.2 Å². The van der Waals surface area contributed by atoms with E-state index < -0.39 is 0 Å². The predicted molar refractivity (Wildman–Crippen MR) is 183 cm³/mol. The molecule has 0 bridgehead atoms. The van der Waals surface area contributed by atoms with Crippen molar-refractivity contribution in [3.8, 4) is 5.75 Å². The summed E-state index contributed by atoms with van der Waals surface area (Å²) in [6.45, 7) is 7.01. The molecule has 0 N–H and O–H groups in total. The lowest BCUT2D eigenvalue weighted by molar-refractivity contribution is -0.154. The van der Waals surface area contributed by atoms with E-state index in [9.17, 15) is 4.79 Å². The summed E-state index contributed by atoms with van der Waals surface area (Å²) in [6, 6.07) is 29.1. The maximum absolute atomic E-state index is 14.0. The summed E-state index contributed by atoms with van der Waals surface area (Å²) in [6.07, 6.45) is 8.27. The fraction of sp³-hybridized carbons (Fsp3) is 0.525. The minimum absolute atomic E-state index is 0.0495. The quantitative estimate of drug-likeness (QED) is 0.186. The Morgan fingerprint density at radius 2 is 1.46 bits per heavy atom. The van der Waals surface area contributed by atoms with E-state index in [1.54, 1.807) is 7.11 Å². The van der Waals surface area contributed by atoms with Crippen molar-refractivity contribution in [2.24, 2.45) is 17.8 Å². The highest BCUT2D eigenvalue weighted by atomic mass is 16.5. The monoisotopic (exact) mass is 624 g/mol. The Labute approximate surface area is 276 Å². The summed E-state index contributed by atoms with van der Waals surface area (Å²) in [4.78, 5) is 19.2. The molecule has 246 valence electrons. The molecular weight excluding hydrogens is 572 g/mol. The second-order valence-electron chi connectivity index (χ2n) is 13.8. The Bertz CT molecular complexity index is 1320. The first-order chi connectivity index (χ1) is 22.7. The average molecular weight is 625 g/mol. The van der Waals surface area contributed by atoms with Gasteiger partial charge in [0.15, 0.2) is 0 Å². The number of rotatable bonds is 13. The van der Waals surface area contributed by atoms with E-state index in [0.29, 0.717) is 36.9 Å². The number of esters is 1. The first-order valence-corrected chi connectivity index (χ1v) is 17.6. The Kier molecular flexibility index (Phi) is 11.8. The molecule has 0 unspecified atom stereocenters. The summed E-state index contributed by atoms with van der Waals surface area (Å²) in [5.41, 5.74) is 3.63. The van der Waals surface area contributed by atoms with Crippen molar-refractivity contribution in [2.45, 2.75) is 70.1 Å². The molecule has 0 aromatic heterocycles. The number of benzene rings is 3. The van der Waals surface area contributed by atoms with Crippen molar-refractivity contribution in [1.82, 2.24) is 9.80 Å². The van der Waals surface area contributed by atoms with Crippen LogP contribution >= 0.6 is 0 Å². The smallest absolute Gasteiger partial charge is 0.323 e. The molecule has 3 aliphatic rings. The van der Waals surface area contributed by atoms with Gasteiger partial charge in [-0.3, -0.25) is 9.69 Å². The van der Waals surface area contributed by atoms with Crippen LogP contribution in [0.3, 0.4) is 0 Å². The molecule has 3 atom stereocenters. The molecule has 2 heterocycles. The largest absolute Gasteiger partial charge is 0.497 e. The van der Waals surface area contributed by atoms with Crippen LogP contribution in [0.15, 0.2) is 84.9 Å². The number of ether oxygens (including phenoxy) is 3. The van der Waals surface area contributed by atoms with Crippen LogP contribution in [0.2, 0.25) is 0 Å². The van der Waals surface area contributed by atoms with Gasteiger partial charge in [-0.1, -0.05) is 92.1 Å². The first kappa shape index (κ1) is 32.7. The lowest BCUT2D eigenvalue weighted by Gasteiger charge is -2.36. The van der Waals surface area contributed by atoms with Gasteiger partial charge in [-0.15, -0.1) is 0 Å². The Balaban J connectivity index is 1.09. The number of hydrogen-bond donors (Lipinski definition) is 0. The number of piperidine rings is 1. The number of methoxy groups -OCH3 is 1. The van der Waals surface area contributed by atoms with Gasteiger partial charge in [0.2, 0.25) is 0 Å². The predicted octanol–water partition coefficient (Wildman–Crippen LogP) is 7.33. The molecule has 1 aliphatic carbocycles. The summed E-state index contributed by atoms with van der Waals surface area (Å²) >= 11 is 0. The van der Waals surface area contributed by atoms with E-state index in [4.69, 9.17) is 14.2 Å². The van der Waals surface area contributed by atoms with Crippen LogP contribution in [0.1, 0.15) is 67.6 Å². The Hall–Kier alpha value is -3.19. The average Bonchev–Trinajstić information content (AvgIpc) is 3.52. The maximum atomic E-state index is 14.0. The lowest BCUT2D eigenvalue weighted by atomic mass is 9.83. The number of nitrogens with zero attached hydrogens (tertiary/aromatic N) is 2. The molecule has 0 radical (unpaired) electrons. The first-order valence-electron chi connectivity index (χ1n) is 17.6. The molecule has 6 rings (SSSR count). The van der Waals surface area contributed by atoms with E-state index in [0.717, 1.165) is 63.5 Å². The van der Waals surface area contributed by atoms with Crippen LogP contribution in [0, 0.1) is 17.8 Å². The number of carbonyl (C=O) groups excluding carboxylic acids is 1. The van der Waals surface area contributed by atoms with Crippen LogP contribution in [0.25, 0.3) is 0 Å². The molecule has 3 aromatic rings. The third-order valence-corrected chi connectivity index (χ3v) is 10.6. The minimum Gasteiger partial charge on any atom is -0.497 e. The molecule has 46 heavy (non-hydrogen) atoms. The SMILES string of the molecule is COc1ccc(COC(=O)[C@@H](C2CCCCC2)N2C[C@H](CN3CCC(COCc4ccccc4)CC3)[C@@H](c3ccccc3)C2)cc1. The molecule has 0 spiro atoms. The van der Waals surface area contributed by atoms with Gasteiger partial charge in [0.1, 0.15) is 18.4 Å². The highest BCUT2D eigenvalue weighted by Crippen LogP contribution is 2.39. The number of hydrogen-bond acceptors (Lipinski definition) is 6. The molecule has 0 amide bonds. The summed E-state index contributed by atoms with van der Waals surface area (Å²) in [5, 5.41) is 0. The van der Waals surface area contributed by atoms with Crippen molar-refractivity contribution in [3.63, 3.8) is 0 Å². The van der Waals surface area contributed by atoms with Crippen LogP contribution in [-0.4, -0.2) is 68.3 Å². The van der Waals surface area contributed by atoms with Gasteiger partial charge in [0.25, 0.3) is 0 Å². The zero-order chi connectivity index (χ0) is 31.6. The normalized spacial score (nSPS) is 22.5. The molecule has 3 fully saturated rings. The highest BCUT2D eigenvalue weighted by Gasteiger charge is 2.44. The van der Waals surface area contributed by atoms with Crippen molar-refractivity contribution in [3.05, 3.63) is 102 Å². The van der Waals surface area contributed by atoms with Gasteiger partial charge in [0, 0.05) is 32.2 Å². The number of carbonyl (C=O) groups is 1.